The highest BCUT2D eigenvalue weighted by atomic mass is 16.5. The van der Waals surface area contributed by atoms with Gasteiger partial charge in [-0.3, -0.25) is 9.69 Å². The molecular formula is C13H24N2O2. The number of hydrogen-bond donors (Lipinski definition) is 1. The Morgan fingerprint density at radius 3 is 3.06 bits per heavy atom. The first kappa shape index (κ1) is 12.8. The zero-order valence-electron chi connectivity index (χ0n) is 10.8. The molecule has 2 heterocycles. The van der Waals surface area contributed by atoms with Crippen molar-refractivity contribution in [2.45, 2.75) is 51.1 Å². The van der Waals surface area contributed by atoms with E-state index in [0.717, 1.165) is 6.54 Å². The van der Waals surface area contributed by atoms with Crippen LogP contribution in [0.4, 0.5) is 0 Å². The van der Waals surface area contributed by atoms with Crippen LogP contribution in [0.5, 0.6) is 0 Å². The first-order chi connectivity index (χ1) is 8.31. The number of esters is 1. The molecule has 2 fully saturated rings. The van der Waals surface area contributed by atoms with Crippen LogP contribution in [0.3, 0.4) is 0 Å². The van der Waals surface area contributed by atoms with Gasteiger partial charge in [0.05, 0.1) is 13.0 Å². The summed E-state index contributed by atoms with van der Waals surface area (Å²) in [6.07, 6.45) is 5.75. The molecule has 2 atom stereocenters. The Morgan fingerprint density at radius 2 is 2.24 bits per heavy atom. The van der Waals surface area contributed by atoms with Crippen LogP contribution in [-0.2, 0) is 9.53 Å². The summed E-state index contributed by atoms with van der Waals surface area (Å²) in [4.78, 5) is 13.8. The molecule has 0 aromatic heterocycles. The van der Waals surface area contributed by atoms with Gasteiger partial charge in [0.15, 0.2) is 0 Å². The fourth-order valence-electron chi connectivity index (χ4n) is 3.08. The van der Waals surface area contributed by atoms with E-state index in [0.29, 0.717) is 25.1 Å². The number of nitrogens with zero attached hydrogens (tertiary/aromatic N) is 1. The molecule has 0 aromatic rings. The molecule has 4 nitrogen and oxygen atoms in total. The number of fused-ring (bicyclic) bond motifs is 1. The Morgan fingerprint density at radius 1 is 1.35 bits per heavy atom. The monoisotopic (exact) mass is 240 g/mol. The molecule has 2 unspecified atom stereocenters. The van der Waals surface area contributed by atoms with Crippen molar-refractivity contribution in [1.29, 1.82) is 0 Å². The highest BCUT2D eigenvalue weighted by Gasteiger charge is 2.34. The van der Waals surface area contributed by atoms with E-state index < -0.39 is 0 Å². The number of carbonyl (C=O) groups excluding carboxylic acids is 1. The second-order valence-electron chi connectivity index (χ2n) is 5.00. The van der Waals surface area contributed by atoms with Gasteiger partial charge in [-0.15, -0.1) is 0 Å². The summed E-state index contributed by atoms with van der Waals surface area (Å²) >= 11 is 0. The Kier molecular flexibility index (Phi) is 4.80. The molecule has 2 aliphatic heterocycles. The summed E-state index contributed by atoms with van der Waals surface area (Å²) in [5, 5.41) is 3.53. The largest absolute Gasteiger partial charge is 0.466 e. The van der Waals surface area contributed by atoms with Crippen molar-refractivity contribution in [3.05, 3.63) is 0 Å². The maximum absolute atomic E-state index is 11.2. The van der Waals surface area contributed by atoms with Crippen LogP contribution < -0.4 is 5.32 Å². The van der Waals surface area contributed by atoms with Crippen molar-refractivity contribution in [3.8, 4) is 0 Å². The first-order valence-corrected chi connectivity index (χ1v) is 6.94. The van der Waals surface area contributed by atoms with Gasteiger partial charge in [-0.05, 0) is 32.7 Å². The Balaban J connectivity index is 1.67. The van der Waals surface area contributed by atoms with Crippen LogP contribution in [0.15, 0.2) is 0 Å². The standard InChI is InChI=1S/C13H24N2O2/c1-2-17-13(16)6-8-14-11-7-10-15-9-4-3-5-12(11)15/h11-12,14H,2-10H2,1H3. The number of rotatable bonds is 5. The lowest BCUT2D eigenvalue weighted by Crippen LogP contribution is -2.45. The molecule has 2 saturated heterocycles. The fourth-order valence-corrected chi connectivity index (χ4v) is 3.08. The number of ether oxygens (including phenoxy) is 1. The lowest BCUT2D eigenvalue weighted by atomic mass is 9.99. The van der Waals surface area contributed by atoms with Gasteiger partial charge in [0.2, 0.25) is 0 Å². The Labute approximate surface area is 104 Å². The van der Waals surface area contributed by atoms with E-state index in [1.165, 1.54) is 38.8 Å². The van der Waals surface area contributed by atoms with E-state index in [2.05, 4.69) is 10.2 Å². The second kappa shape index (κ2) is 6.36. The summed E-state index contributed by atoms with van der Waals surface area (Å²) in [7, 11) is 0. The first-order valence-electron chi connectivity index (χ1n) is 6.94. The molecule has 0 radical (unpaired) electrons. The third-order valence-corrected chi connectivity index (χ3v) is 3.90. The summed E-state index contributed by atoms with van der Waals surface area (Å²) in [5.74, 6) is -0.0847. The van der Waals surface area contributed by atoms with Crippen molar-refractivity contribution >= 4 is 5.97 Å². The van der Waals surface area contributed by atoms with E-state index in [4.69, 9.17) is 4.74 Å². The molecule has 1 N–H and O–H groups in total. The molecule has 4 heteroatoms. The predicted molar refractivity (Wildman–Crippen MR) is 66.9 cm³/mol. The zero-order valence-corrected chi connectivity index (χ0v) is 10.8. The topological polar surface area (TPSA) is 41.6 Å². The number of piperidine rings is 1. The van der Waals surface area contributed by atoms with Gasteiger partial charge in [0.25, 0.3) is 0 Å². The highest BCUT2D eigenvalue weighted by molar-refractivity contribution is 5.69. The molecule has 98 valence electrons. The molecule has 0 saturated carbocycles. The average Bonchev–Trinajstić information content (AvgIpc) is 2.73. The lowest BCUT2D eigenvalue weighted by Gasteiger charge is -2.32. The molecule has 0 spiro atoms. The van der Waals surface area contributed by atoms with Crippen LogP contribution in [-0.4, -0.2) is 49.2 Å². The molecule has 2 rings (SSSR count). The molecule has 0 bridgehead atoms. The van der Waals surface area contributed by atoms with Crippen LogP contribution in [0, 0.1) is 0 Å². The van der Waals surface area contributed by atoms with E-state index in [-0.39, 0.29) is 5.97 Å². The minimum absolute atomic E-state index is 0.0847. The number of hydrogen-bond acceptors (Lipinski definition) is 4. The summed E-state index contributed by atoms with van der Waals surface area (Å²) in [5.41, 5.74) is 0. The van der Waals surface area contributed by atoms with Crippen LogP contribution >= 0.6 is 0 Å². The third kappa shape index (κ3) is 3.42. The normalized spacial score (nSPS) is 29.0. The zero-order chi connectivity index (χ0) is 12.1. The maximum Gasteiger partial charge on any atom is 0.307 e. The number of carbonyl (C=O) groups is 1. The van der Waals surface area contributed by atoms with Crippen molar-refractivity contribution in [3.63, 3.8) is 0 Å². The van der Waals surface area contributed by atoms with E-state index in [1.54, 1.807) is 0 Å². The van der Waals surface area contributed by atoms with Gasteiger partial charge in [-0.25, -0.2) is 0 Å². The molecule has 2 aliphatic rings. The minimum atomic E-state index is -0.0847. The van der Waals surface area contributed by atoms with E-state index in [9.17, 15) is 4.79 Å². The Hall–Kier alpha value is -0.610. The minimum Gasteiger partial charge on any atom is -0.466 e. The highest BCUT2D eigenvalue weighted by Crippen LogP contribution is 2.26. The fraction of sp³-hybridized carbons (Fsp3) is 0.923. The van der Waals surface area contributed by atoms with E-state index >= 15 is 0 Å². The van der Waals surface area contributed by atoms with Crippen LogP contribution in [0.1, 0.15) is 39.0 Å². The van der Waals surface area contributed by atoms with E-state index in [1.807, 2.05) is 6.92 Å². The van der Waals surface area contributed by atoms with Gasteiger partial charge in [-0.1, -0.05) is 6.42 Å². The molecule has 0 aliphatic carbocycles. The van der Waals surface area contributed by atoms with Gasteiger partial charge >= 0.3 is 5.97 Å². The quantitative estimate of drug-likeness (QED) is 0.732. The lowest BCUT2D eigenvalue weighted by molar-refractivity contribution is -0.143. The maximum atomic E-state index is 11.2. The average molecular weight is 240 g/mol. The predicted octanol–water partition coefficient (Wildman–Crippen LogP) is 1.16. The van der Waals surface area contributed by atoms with Crippen molar-refractivity contribution < 1.29 is 9.53 Å². The van der Waals surface area contributed by atoms with Crippen LogP contribution in [0.25, 0.3) is 0 Å². The van der Waals surface area contributed by atoms with Gasteiger partial charge in [0, 0.05) is 25.2 Å². The van der Waals surface area contributed by atoms with Crippen molar-refractivity contribution in [2.75, 3.05) is 26.2 Å². The van der Waals surface area contributed by atoms with Crippen molar-refractivity contribution in [2.24, 2.45) is 0 Å². The molecule has 0 amide bonds. The number of nitrogens with one attached hydrogen (secondary N) is 1. The Bertz CT molecular complexity index is 258. The second-order valence-corrected chi connectivity index (χ2v) is 5.00. The molecule has 0 aromatic carbocycles. The smallest absolute Gasteiger partial charge is 0.307 e. The van der Waals surface area contributed by atoms with Crippen molar-refractivity contribution in [1.82, 2.24) is 10.2 Å². The van der Waals surface area contributed by atoms with Gasteiger partial charge in [0.1, 0.15) is 0 Å². The summed E-state index contributed by atoms with van der Waals surface area (Å²) in [6, 6.07) is 1.30. The van der Waals surface area contributed by atoms with Crippen LogP contribution in [0.2, 0.25) is 0 Å². The summed E-state index contributed by atoms with van der Waals surface area (Å²) < 4.78 is 4.92. The molecular weight excluding hydrogens is 216 g/mol. The van der Waals surface area contributed by atoms with Gasteiger partial charge in [-0.2, -0.15) is 0 Å². The van der Waals surface area contributed by atoms with Gasteiger partial charge < -0.3 is 10.1 Å². The SMILES string of the molecule is CCOC(=O)CCNC1CCN2CCCCC12. The third-order valence-electron chi connectivity index (χ3n) is 3.90. The molecule has 17 heavy (non-hydrogen) atoms. The summed E-state index contributed by atoms with van der Waals surface area (Å²) in [6.45, 7) is 5.58.